The fraction of sp³-hybridized carbons (Fsp3) is 0.786. The lowest BCUT2D eigenvalue weighted by Crippen LogP contribution is -2.42. The van der Waals surface area contributed by atoms with Crippen LogP contribution in [0.25, 0.3) is 0 Å². The second kappa shape index (κ2) is 9.33. The number of carboxylic acid groups (broad SMARTS) is 1. The maximum absolute atomic E-state index is 11.4. The molecule has 7 heteroatoms. The number of imide groups is 1. The van der Waals surface area contributed by atoms with E-state index in [0.29, 0.717) is 12.5 Å². The van der Waals surface area contributed by atoms with Crippen LogP contribution in [0.3, 0.4) is 0 Å². The van der Waals surface area contributed by atoms with Gasteiger partial charge in [-0.2, -0.15) is 0 Å². The monoisotopic (exact) mass is 300 g/mol. The second-order valence-electron chi connectivity index (χ2n) is 5.61. The smallest absolute Gasteiger partial charge is 0.329 e. The molecule has 0 aromatic heterocycles. The first-order valence-corrected chi connectivity index (χ1v) is 7.34. The molecule has 0 aromatic rings. The largest absolute Gasteiger partial charge is 0.480 e. The van der Waals surface area contributed by atoms with Crippen molar-refractivity contribution in [3.05, 3.63) is 0 Å². The maximum Gasteiger partial charge on any atom is 0.329 e. The molecule has 0 heterocycles. The van der Waals surface area contributed by atoms with E-state index in [2.05, 4.69) is 22.3 Å². The summed E-state index contributed by atoms with van der Waals surface area (Å²) in [6, 6.07) is -0.567. The van der Waals surface area contributed by atoms with Crippen LogP contribution in [-0.4, -0.2) is 42.8 Å². The molecule has 0 unspecified atom stereocenters. The number of carbonyl (C=O) groups is 3. The van der Waals surface area contributed by atoms with E-state index < -0.39 is 31.1 Å². The van der Waals surface area contributed by atoms with E-state index in [1.165, 1.54) is 25.7 Å². The van der Waals surface area contributed by atoms with Crippen LogP contribution in [-0.2, 0) is 14.3 Å². The van der Waals surface area contributed by atoms with Crippen molar-refractivity contribution in [2.75, 3.05) is 19.8 Å². The van der Waals surface area contributed by atoms with Crippen LogP contribution in [0.4, 0.5) is 4.79 Å². The van der Waals surface area contributed by atoms with Gasteiger partial charge in [0.2, 0.25) is 0 Å². The summed E-state index contributed by atoms with van der Waals surface area (Å²) in [4.78, 5) is 32.9. The molecular formula is C14H24N2O5. The molecule has 1 rings (SSSR count). The molecule has 0 saturated heterocycles. The van der Waals surface area contributed by atoms with Gasteiger partial charge in [0.25, 0.3) is 5.91 Å². The Morgan fingerprint density at radius 1 is 1.14 bits per heavy atom. The van der Waals surface area contributed by atoms with E-state index >= 15 is 0 Å². The van der Waals surface area contributed by atoms with E-state index in [1.54, 1.807) is 0 Å². The lowest BCUT2D eigenvalue weighted by molar-refractivity contribution is -0.143. The van der Waals surface area contributed by atoms with Crippen LogP contribution in [0.5, 0.6) is 0 Å². The van der Waals surface area contributed by atoms with E-state index in [9.17, 15) is 14.4 Å². The summed E-state index contributed by atoms with van der Waals surface area (Å²) < 4.78 is 4.58. The summed E-state index contributed by atoms with van der Waals surface area (Å²) in [5.41, 5.74) is 0. The normalized spacial score (nSPS) is 21.6. The zero-order valence-corrected chi connectivity index (χ0v) is 12.4. The van der Waals surface area contributed by atoms with Gasteiger partial charge >= 0.3 is 12.0 Å². The van der Waals surface area contributed by atoms with E-state index in [-0.39, 0.29) is 0 Å². The molecule has 1 aliphatic carbocycles. The second-order valence-corrected chi connectivity index (χ2v) is 5.61. The van der Waals surface area contributed by atoms with E-state index in [1.807, 2.05) is 0 Å². The quantitative estimate of drug-likeness (QED) is 0.653. The zero-order valence-electron chi connectivity index (χ0n) is 12.4. The van der Waals surface area contributed by atoms with Gasteiger partial charge in [-0.15, -0.1) is 0 Å². The standard InChI is InChI=1S/C14H24N2O5/c1-10-2-4-11(5-3-10)6-7-15-14(20)16-12(17)8-21-9-13(18)19/h10-11H,2-9H2,1H3,(H,18,19)(H2,15,16,17,20). The third-order valence-electron chi connectivity index (χ3n) is 3.69. The lowest BCUT2D eigenvalue weighted by Gasteiger charge is -2.26. The van der Waals surface area contributed by atoms with Crippen LogP contribution in [0.1, 0.15) is 39.0 Å². The maximum atomic E-state index is 11.4. The minimum absolute atomic E-state index is 0.444. The van der Waals surface area contributed by atoms with E-state index in [4.69, 9.17) is 5.11 Å². The van der Waals surface area contributed by atoms with Gasteiger partial charge in [-0.1, -0.05) is 32.6 Å². The first-order chi connectivity index (χ1) is 9.97. The number of carbonyl (C=O) groups excluding carboxylic acids is 2. The zero-order chi connectivity index (χ0) is 15.7. The molecule has 3 amide bonds. The van der Waals surface area contributed by atoms with Gasteiger partial charge in [0.1, 0.15) is 13.2 Å². The molecular weight excluding hydrogens is 276 g/mol. The van der Waals surface area contributed by atoms with Crippen molar-refractivity contribution in [1.29, 1.82) is 0 Å². The highest BCUT2D eigenvalue weighted by Gasteiger charge is 2.18. The SMILES string of the molecule is CC1CCC(CCNC(=O)NC(=O)COCC(=O)O)CC1. The molecule has 21 heavy (non-hydrogen) atoms. The first kappa shape index (κ1) is 17.4. The number of nitrogens with one attached hydrogen (secondary N) is 2. The van der Waals surface area contributed by atoms with Crippen molar-refractivity contribution in [2.45, 2.75) is 39.0 Å². The summed E-state index contributed by atoms with van der Waals surface area (Å²) in [5, 5.41) is 13.0. The highest BCUT2D eigenvalue weighted by Crippen LogP contribution is 2.29. The highest BCUT2D eigenvalue weighted by molar-refractivity contribution is 5.94. The Morgan fingerprint density at radius 2 is 1.81 bits per heavy atom. The Morgan fingerprint density at radius 3 is 2.43 bits per heavy atom. The number of amides is 3. The van der Waals surface area contributed by atoms with Gasteiger partial charge in [0.15, 0.2) is 0 Å². The van der Waals surface area contributed by atoms with Crippen LogP contribution in [0.2, 0.25) is 0 Å². The predicted octanol–water partition coefficient (Wildman–Crippen LogP) is 1.13. The average molecular weight is 300 g/mol. The van der Waals surface area contributed by atoms with Crippen molar-refractivity contribution in [3.63, 3.8) is 0 Å². The Kier molecular flexibility index (Phi) is 7.74. The Labute approximate surface area is 124 Å². The molecule has 0 atom stereocenters. The molecule has 1 saturated carbocycles. The Bertz CT molecular complexity index is 364. The number of hydrogen-bond donors (Lipinski definition) is 3. The average Bonchev–Trinajstić information content (AvgIpc) is 2.40. The minimum atomic E-state index is -1.16. The van der Waals surface area contributed by atoms with Crippen molar-refractivity contribution in [2.24, 2.45) is 11.8 Å². The van der Waals surface area contributed by atoms with Crippen molar-refractivity contribution >= 4 is 17.9 Å². The summed E-state index contributed by atoms with van der Waals surface area (Å²) in [5.74, 6) is -0.355. The number of ether oxygens (including phenoxy) is 1. The van der Waals surface area contributed by atoms with Crippen molar-refractivity contribution in [1.82, 2.24) is 10.6 Å². The molecule has 120 valence electrons. The van der Waals surface area contributed by atoms with Crippen molar-refractivity contribution in [3.8, 4) is 0 Å². The Balaban J connectivity index is 2.05. The number of urea groups is 1. The first-order valence-electron chi connectivity index (χ1n) is 7.34. The van der Waals surface area contributed by atoms with E-state index in [0.717, 1.165) is 12.3 Å². The molecule has 3 N–H and O–H groups in total. The summed E-state index contributed by atoms with van der Waals surface area (Å²) in [6.07, 6.45) is 5.81. The molecule has 1 aliphatic rings. The number of rotatable bonds is 7. The fourth-order valence-electron chi connectivity index (χ4n) is 2.45. The highest BCUT2D eigenvalue weighted by atomic mass is 16.5. The molecule has 0 aromatic carbocycles. The third-order valence-corrected chi connectivity index (χ3v) is 3.69. The van der Waals surface area contributed by atoms with Gasteiger partial charge in [-0.25, -0.2) is 9.59 Å². The van der Waals surface area contributed by atoms with Gasteiger partial charge in [-0.3, -0.25) is 10.1 Å². The molecule has 0 radical (unpaired) electrons. The number of aliphatic carboxylic acids is 1. The molecule has 0 bridgehead atoms. The third kappa shape index (κ3) is 8.29. The van der Waals surface area contributed by atoms with Crippen LogP contribution in [0, 0.1) is 11.8 Å². The number of hydrogen-bond acceptors (Lipinski definition) is 4. The van der Waals surface area contributed by atoms with Crippen LogP contribution >= 0.6 is 0 Å². The molecule has 0 spiro atoms. The fourth-order valence-corrected chi connectivity index (χ4v) is 2.45. The Hall–Kier alpha value is -1.63. The minimum Gasteiger partial charge on any atom is -0.480 e. The van der Waals surface area contributed by atoms with Gasteiger partial charge in [-0.05, 0) is 18.3 Å². The molecule has 1 fully saturated rings. The van der Waals surface area contributed by atoms with Crippen LogP contribution in [0.15, 0.2) is 0 Å². The molecule has 0 aliphatic heterocycles. The lowest BCUT2D eigenvalue weighted by atomic mass is 9.81. The summed E-state index contributed by atoms with van der Waals surface area (Å²) in [6.45, 7) is 1.80. The summed E-state index contributed by atoms with van der Waals surface area (Å²) in [7, 11) is 0. The van der Waals surface area contributed by atoms with Gasteiger partial charge in [0, 0.05) is 6.54 Å². The topological polar surface area (TPSA) is 105 Å². The predicted molar refractivity (Wildman–Crippen MR) is 75.7 cm³/mol. The van der Waals surface area contributed by atoms with Gasteiger partial charge < -0.3 is 15.2 Å². The van der Waals surface area contributed by atoms with Gasteiger partial charge in [0.05, 0.1) is 0 Å². The van der Waals surface area contributed by atoms with Crippen molar-refractivity contribution < 1.29 is 24.2 Å². The van der Waals surface area contributed by atoms with Crippen LogP contribution < -0.4 is 10.6 Å². The number of carboxylic acids is 1. The summed E-state index contributed by atoms with van der Waals surface area (Å²) >= 11 is 0. The molecule has 7 nitrogen and oxygen atoms in total.